The molecule has 0 N–H and O–H groups in total. The molecular weight excluding hydrogens is 633 g/mol. The zero-order valence-corrected chi connectivity index (χ0v) is 28.5. The van der Waals surface area contributed by atoms with E-state index in [0.717, 1.165) is 21.9 Å². The summed E-state index contributed by atoms with van der Waals surface area (Å²) in [6.07, 6.45) is 0. The highest BCUT2D eigenvalue weighted by atomic mass is 16.3. The molecule has 0 saturated carbocycles. The molecule has 3 nitrogen and oxygen atoms in total. The molecule has 3 heteroatoms. The molecule has 3 heterocycles. The minimum absolute atomic E-state index is 0.909. The number of benzene rings is 8. The van der Waals surface area contributed by atoms with Gasteiger partial charge in [0.25, 0.3) is 0 Å². The average molecular weight is 665 g/mol. The first kappa shape index (κ1) is 28.9. The summed E-state index contributed by atoms with van der Waals surface area (Å²) in [5.74, 6) is 0. The van der Waals surface area contributed by atoms with Gasteiger partial charge in [-0.1, -0.05) is 109 Å². The Morgan fingerprint density at radius 3 is 1.63 bits per heavy atom. The summed E-state index contributed by atoms with van der Waals surface area (Å²) in [6, 6.07) is 63.6. The van der Waals surface area contributed by atoms with Gasteiger partial charge < -0.3 is 13.6 Å². The number of aromatic nitrogens is 2. The van der Waals surface area contributed by atoms with Crippen LogP contribution in [0, 0.1) is 6.92 Å². The third kappa shape index (κ3) is 4.20. The van der Waals surface area contributed by atoms with E-state index in [0.29, 0.717) is 0 Å². The molecule has 0 bridgehead atoms. The molecule has 8 aromatic carbocycles. The number of hydrogen-bond donors (Lipinski definition) is 0. The van der Waals surface area contributed by atoms with Crippen LogP contribution < -0.4 is 0 Å². The van der Waals surface area contributed by atoms with Crippen molar-refractivity contribution in [2.45, 2.75) is 6.92 Å². The maximum atomic E-state index is 6.19. The Hall–Kier alpha value is -6.84. The quantitative estimate of drug-likeness (QED) is 0.184. The Labute approximate surface area is 300 Å². The van der Waals surface area contributed by atoms with E-state index < -0.39 is 0 Å². The Kier molecular flexibility index (Phi) is 6.17. The predicted molar refractivity (Wildman–Crippen MR) is 218 cm³/mol. The van der Waals surface area contributed by atoms with Crippen molar-refractivity contribution in [3.8, 4) is 33.6 Å². The van der Waals surface area contributed by atoms with Crippen LogP contribution in [-0.4, -0.2) is 9.13 Å². The lowest BCUT2D eigenvalue weighted by Crippen LogP contribution is -2.00. The van der Waals surface area contributed by atoms with Crippen LogP contribution in [0.1, 0.15) is 5.56 Å². The van der Waals surface area contributed by atoms with Crippen molar-refractivity contribution < 1.29 is 4.42 Å². The molecular formula is C49H32N2O. The van der Waals surface area contributed by atoms with Crippen LogP contribution in [0.3, 0.4) is 0 Å². The normalized spacial score (nSPS) is 11.9. The second kappa shape index (κ2) is 11.1. The van der Waals surface area contributed by atoms with Crippen molar-refractivity contribution in [3.05, 3.63) is 181 Å². The summed E-state index contributed by atoms with van der Waals surface area (Å²) >= 11 is 0. The molecule has 11 aromatic rings. The topological polar surface area (TPSA) is 23.0 Å². The molecule has 0 amide bonds. The van der Waals surface area contributed by atoms with Gasteiger partial charge in [0, 0.05) is 43.6 Å². The van der Waals surface area contributed by atoms with E-state index in [-0.39, 0.29) is 0 Å². The predicted octanol–water partition coefficient (Wildman–Crippen LogP) is 13.4. The van der Waals surface area contributed by atoms with Crippen molar-refractivity contribution in [1.82, 2.24) is 9.13 Å². The lowest BCUT2D eigenvalue weighted by Gasteiger charge is -2.17. The first-order chi connectivity index (χ1) is 25.7. The minimum Gasteiger partial charge on any atom is -0.456 e. The smallest absolute Gasteiger partial charge is 0.135 e. The zero-order valence-electron chi connectivity index (χ0n) is 28.5. The van der Waals surface area contributed by atoms with Gasteiger partial charge in [-0.2, -0.15) is 0 Å². The Morgan fingerprint density at radius 2 is 0.904 bits per heavy atom. The van der Waals surface area contributed by atoms with Crippen LogP contribution in [0.25, 0.3) is 99.2 Å². The highest BCUT2D eigenvalue weighted by molar-refractivity contribution is 6.13. The SMILES string of the molecule is Cc1cccc(-c2ccc3oc4ccccc4c3c2)c1-n1c2ccccc2c2cc(-c3ccc4c(c3)c3ccccc3n4-c3ccccc3)ccc21. The molecule has 52 heavy (non-hydrogen) atoms. The summed E-state index contributed by atoms with van der Waals surface area (Å²) in [5.41, 5.74) is 15.0. The van der Waals surface area contributed by atoms with Crippen molar-refractivity contribution >= 4 is 65.6 Å². The van der Waals surface area contributed by atoms with E-state index in [1.807, 2.05) is 12.1 Å². The molecule has 0 atom stereocenters. The van der Waals surface area contributed by atoms with Gasteiger partial charge in [0.05, 0.1) is 27.8 Å². The molecule has 3 aromatic heterocycles. The lowest BCUT2D eigenvalue weighted by atomic mass is 9.98. The highest BCUT2D eigenvalue weighted by Gasteiger charge is 2.20. The first-order valence-corrected chi connectivity index (χ1v) is 17.9. The van der Waals surface area contributed by atoms with E-state index >= 15 is 0 Å². The molecule has 244 valence electrons. The number of nitrogens with zero attached hydrogens (tertiary/aromatic N) is 2. The zero-order chi connectivity index (χ0) is 34.3. The summed E-state index contributed by atoms with van der Waals surface area (Å²) in [7, 11) is 0. The van der Waals surface area contributed by atoms with Crippen LogP contribution >= 0.6 is 0 Å². The van der Waals surface area contributed by atoms with Gasteiger partial charge in [-0.3, -0.25) is 0 Å². The Bertz CT molecular complexity index is 3190. The van der Waals surface area contributed by atoms with Crippen molar-refractivity contribution in [1.29, 1.82) is 0 Å². The van der Waals surface area contributed by atoms with Crippen molar-refractivity contribution in [3.63, 3.8) is 0 Å². The number of hydrogen-bond acceptors (Lipinski definition) is 1. The fourth-order valence-electron chi connectivity index (χ4n) is 8.48. The van der Waals surface area contributed by atoms with Gasteiger partial charge in [-0.25, -0.2) is 0 Å². The Balaban J connectivity index is 1.11. The number of aryl methyl sites for hydroxylation is 1. The highest BCUT2D eigenvalue weighted by Crippen LogP contribution is 2.41. The van der Waals surface area contributed by atoms with Crippen LogP contribution in [0.2, 0.25) is 0 Å². The molecule has 0 radical (unpaired) electrons. The largest absolute Gasteiger partial charge is 0.456 e. The van der Waals surface area contributed by atoms with Crippen molar-refractivity contribution in [2.75, 3.05) is 0 Å². The summed E-state index contributed by atoms with van der Waals surface area (Å²) in [5, 5.41) is 7.27. The fourth-order valence-corrected chi connectivity index (χ4v) is 8.48. The van der Waals surface area contributed by atoms with Gasteiger partial charge >= 0.3 is 0 Å². The minimum atomic E-state index is 0.909. The summed E-state index contributed by atoms with van der Waals surface area (Å²) in [6.45, 7) is 2.22. The number of fused-ring (bicyclic) bond motifs is 9. The van der Waals surface area contributed by atoms with Crippen LogP contribution in [-0.2, 0) is 0 Å². The molecule has 0 aliphatic carbocycles. The van der Waals surface area contributed by atoms with Crippen LogP contribution in [0.15, 0.2) is 180 Å². The second-order valence-corrected chi connectivity index (χ2v) is 13.8. The monoisotopic (exact) mass is 664 g/mol. The summed E-state index contributed by atoms with van der Waals surface area (Å²) < 4.78 is 11.0. The molecule has 0 saturated heterocycles. The average Bonchev–Trinajstić information content (AvgIpc) is 3.85. The molecule has 0 aliphatic heterocycles. The first-order valence-electron chi connectivity index (χ1n) is 17.9. The van der Waals surface area contributed by atoms with E-state index in [2.05, 4.69) is 180 Å². The van der Waals surface area contributed by atoms with Crippen molar-refractivity contribution in [2.24, 2.45) is 0 Å². The molecule has 11 rings (SSSR count). The van der Waals surface area contributed by atoms with Gasteiger partial charge in [0.2, 0.25) is 0 Å². The summed E-state index contributed by atoms with van der Waals surface area (Å²) in [4.78, 5) is 0. The Morgan fingerprint density at radius 1 is 0.365 bits per heavy atom. The third-order valence-electron chi connectivity index (χ3n) is 10.8. The van der Waals surface area contributed by atoms with Gasteiger partial charge in [-0.15, -0.1) is 0 Å². The lowest BCUT2D eigenvalue weighted by molar-refractivity contribution is 0.669. The molecule has 0 aliphatic rings. The maximum Gasteiger partial charge on any atom is 0.135 e. The van der Waals surface area contributed by atoms with Crippen LogP contribution in [0.4, 0.5) is 0 Å². The molecule has 0 fully saturated rings. The van der Waals surface area contributed by atoms with Gasteiger partial charge in [-0.05, 0) is 95.9 Å². The van der Waals surface area contributed by atoms with E-state index in [9.17, 15) is 0 Å². The van der Waals surface area contributed by atoms with Crippen LogP contribution in [0.5, 0.6) is 0 Å². The number of para-hydroxylation sites is 5. The standard InChI is InChI=1S/C49H32N2O/c1-31-12-11-18-36(34-24-27-48-42(30-34)39-17-7-10-21-47(39)52-48)49(31)51-44-20-9-6-16-38(44)41-29-33(23-26-46(41)51)32-22-25-45-40(28-32)37-15-5-8-19-43(37)50(45)35-13-3-2-4-14-35/h2-30H,1H3. The van der Waals surface area contributed by atoms with E-state index in [4.69, 9.17) is 4.42 Å². The number of rotatable bonds is 4. The second-order valence-electron chi connectivity index (χ2n) is 13.8. The third-order valence-corrected chi connectivity index (χ3v) is 10.8. The molecule has 0 spiro atoms. The fraction of sp³-hybridized carbons (Fsp3) is 0.0204. The maximum absolute atomic E-state index is 6.19. The molecule has 0 unspecified atom stereocenters. The van der Waals surface area contributed by atoms with Gasteiger partial charge in [0.15, 0.2) is 0 Å². The number of furan rings is 1. The van der Waals surface area contributed by atoms with Gasteiger partial charge in [0.1, 0.15) is 11.2 Å². The van der Waals surface area contributed by atoms with E-state index in [1.54, 1.807) is 0 Å². The van der Waals surface area contributed by atoms with E-state index in [1.165, 1.54) is 82.8 Å².